The highest BCUT2D eigenvalue weighted by Gasteiger charge is 2.49. The Balaban J connectivity index is 1.53. The van der Waals surface area contributed by atoms with Crippen molar-refractivity contribution in [3.05, 3.63) is 0 Å². The molecule has 3 N–H and O–H groups in total. The third-order valence-corrected chi connectivity index (χ3v) is 4.62. The molecule has 1 fully saturated rings. The molecule has 124 valence electrons. The van der Waals surface area contributed by atoms with Crippen molar-refractivity contribution in [3.63, 3.8) is 0 Å². The molecule has 1 amide bonds. The number of phosphoric ester groups is 1. The SMILES string of the molecule is O=C(NCCCOP(=O)(O)O)OCC1C2CCC#CCCC21. The molecular weight excluding hydrogens is 309 g/mol. The minimum Gasteiger partial charge on any atom is -0.449 e. The van der Waals surface area contributed by atoms with E-state index < -0.39 is 13.9 Å². The number of fused-ring (bicyclic) bond motifs is 1. The van der Waals surface area contributed by atoms with Gasteiger partial charge < -0.3 is 19.8 Å². The van der Waals surface area contributed by atoms with Crippen LogP contribution in [-0.2, 0) is 13.8 Å². The molecule has 22 heavy (non-hydrogen) atoms. The minimum atomic E-state index is -4.42. The fourth-order valence-corrected chi connectivity index (χ4v) is 3.32. The maximum atomic E-state index is 11.5. The maximum absolute atomic E-state index is 11.5. The summed E-state index contributed by atoms with van der Waals surface area (Å²) in [5.74, 6) is 8.01. The largest absolute Gasteiger partial charge is 0.469 e. The van der Waals surface area contributed by atoms with Crippen molar-refractivity contribution in [2.24, 2.45) is 17.8 Å². The predicted molar refractivity (Wildman–Crippen MR) is 78.7 cm³/mol. The highest BCUT2D eigenvalue weighted by molar-refractivity contribution is 7.46. The van der Waals surface area contributed by atoms with Crippen molar-refractivity contribution in [2.45, 2.75) is 32.1 Å². The lowest BCUT2D eigenvalue weighted by Crippen LogP contribution is -2.26. The number of nitrogens with one attached hydrogen (secondary N) is 1. The Morgan fingerprint density at radius 3 is 2.45 bits per heavy atom. The highest BCUT2D eigenvalue weighted by Crippen LogP contribution is 2.52. The molecule has 8 heteroatoms. The van der Waals surface area contributed by atoms with E-state index in [1.165, 1.54) is 0 Å². The van der Waals surface area contributed by atoms with E-state index in [-0.39, 0.29) is 13.2 Å². The van der Waals surface area contributed by atoms with Crippen LogP contribution in [0.3, 0.4) is 0 Å². The second-order valence-electron chi connectivity index (χ2n) is 5.63. The number of hydrogen-bond acceptors (Lipinski definition) is 4. The zero-order valence-electron chi connectivity index (χ0n) is 12.4. The van der Waals surface area contributed by atoms with Gasteiger partial charge in [-0.05, 0) is 37.0 Å². The molecule has 0 aromatic carbocycles. The predicted octanol–water partition coefficient (Wildman–Crippen LogP) is 1.65. The van der Waals surface area contributed by atoms with Crippen LogP contribution in [0.4, 0.5) is 4.79 Å². The third-order valence-electron chi connectivity index (χ3n) is 4.10. The first-order valence-corrected chi connectivity index (χ1v) is 9.07. The lowest BCUT2D eigenvalue weighted by Gasteiger charge is -2.07. The van der Waals surface area contributed by atoms with E-state index in [4.69, 9.17) is 14.5 Å². The van der Waals surface area contributed by atoms with Crippen LogP contribution in [0, 0.1) is 29.6 Å². The average Bonchev–Trinajstić information content (AvgIpc) is 3.04. The summed E-state index contributed by atoms with van der Waals surface area (Å²) in [5, 5.41) is 2.54. The number of rotatable bonds is 7. The second kappa shape index (κ2) is 7.98. The van der Waals surface area contributed by atoms with E-state index in [9.17, 15) is 9.36 Å². The molecule has 2 rings (SSSR count). The van der Waals surface area contributed by atoms with Gasteiger partial charge in [0.1, 0.15) is 0 Å². The molecular formula is C14H22NO6P. The molecule has 1 saturated carbocycles. The van der Waals surface area contributed by atoms with Crippen molar-refractivity contribution in [1.82, 2.24) is 5.32 Å². The van der Waals surface area contributed by atoms with Gasteiger partial charge in [0.2, 0.25) is 0 Å². The molecule has 7 nitrogen and oxygen atoms in total. The lowest BCUT2D eigenvalue weighted by molar-refractivity contribution is 0.136. The van der Waals surface area contributed by atoms with Gasteiger partial charge in [0.25, 0.3) is 0 Å². The second-order valence-corrected chi connectivity index (χ2v) is 6.86. The van der Waals surface area contributed by atoms with Crippen molar-refractivity contribution < 1.29 is 28.4 Å². The normalized spacial score (nSPS) is 26.7. The van der Waals surface area contributed by atoms with E-state index in [1.807, 2.05) is 0 Å². The zero-order valence-corrected chi connectivity index (χ0v) is 13.3. The van der Waals surface area contributed by atoms with Crippen LogP contribution in [0.25, 0.3) is 0 Å². The molecule has 0 spiro atoms. The Hall–Kier alpha value is -1.06. The van der Waals surface area contributed by atoms with Crippen LogP contribution < -0.4 is 5.32 Å². The van der Waals surface area contributed by atoms with E-state index in [0.717, 1.165) is 25.7 Å². The van der Waals surface area contributed by atoms with Crippen LogP contribution in [0.1, 0.15) is 32.1 Å². The van der Waals surface area contributed by atoms with Crippen molar-refractivity contribution in [2.75, 3.05) is 19.8 Å². The molecule has 0 heterocycles. The first-order chi connectivity index (χ1) is 10.5. The summed E-state index contributed by atoms with van der Waals surface area (Å²) >= 11 is 0. The van der Waals surface area contributed by atoms with Crippen molar-refractivity contribution in [3.8, 4) is 11.8 Å². The summed E-state index contributed by atoms with van der Waals surface area (Å²) < 4.78 is 19.9. The monoisotopic (exact) mass is 331 g/mol. The number of phosphoric acid groups is 1. The number of ether oxygens (including phenoxy) is 1. The van der Waals surface area contributed by atoms with Crippen LogP contribution in [0.5, 0.6) is 0 Å². The van der Waals surface area contributed by atoms with Crippen LogP contribution in [-0.4, -0.2) is 35.6 Å². The molecule has 2 aliphatic carbocycles. The minimum absolute atomic E-state index is 0.114. The summed E-state index contributed by atoms with van der Waals surface area (Å²) in [5.41, 5.74) is 0. The molecule has 0 saturated heterocycles. The molecule has 2 aliphatic rings. The van der Waals surface area contributed by atoms with Gasteiger partial charge in [-0.25, -0.2) is 9.36 Å². The highest BCUT2D eigenvalue weighted by atomic mass is 31.2. The van der Waals surface area contributed by atoms with E-state index in [0.29, 0.717) is 30.8 Å². The molecule has 2 atom stereocenters. The Kier molecular flexibility index (Phi) is 6.27. The van der Waals surface area contributed by atoms with Crippen molar-refractivity contribution in [1.29, 1.82) is 0 Å². The van der Waals surface area contributed by atoms with E-state index >= 15 is 0 Å². The maximum Gasteiger partial charge on any atom is 0.469 e. The fraction of sp³-hybridized carbons (Fsp3) is 0.786. The van der Waals surface area contributed by atoms with Gasteiger partial charge in [0.05, 0.1) is 13.2 Å². The van der Waals surface area contributed by atoms with Crippen molar-refractivity contribution >= 4 is 13.9 Å². The van der Waals surface area contributed by atoms with Gasteiger partial charge >= 0.3 is 13.9 Å². The van der Waals surface area contributed by atoms with Crippen LogP contribution in [0.2, 0.25) is 0 Å². The number of carbonyl (C=O) groups is 1. The van der Waals surface area contributed by atoms with Gasteiger partial charge in [0.15, 0.2) is 0 Å². The summed E-state index contributed by atoms with van der Waals surface area (Å²) in [6.07, 6.45) is 3.87. The molecule has 2 unspecified atom stereocenters. The summed E-state index contributed by atoms with van der Waals surface area (Å²) in [4.78, 5) is 28.5. The smallest absolute Gasteiger partial charge is 0.449 e. The van der Waals surface area contributed by atoms with Gasteiger partial charge in [0, 0.05) is 19.4 Å². The summed E-state index contributed by atoms with van der Waals surface area (Å²) in [7, 11) is -4.42. The van der Waals surface area contributed by atoms with Gasteiger partial charge in [-0.1, -0.05) is 0 Å². The first-order valence-electron chi connectivity index (χ1n) is 7.54. The summed E-state index contributed by atoms with van der Waals surface area (Å²) in [6, 6.07) is 0. The lowest BCUT2D eigenvalue weighted by atomic mass is 10.1. The van der Waals surface area contributed by atoms with Crippen LogP contribution in [0.15, 0.2) is 0 Å². The first kappa shape index (κ1) is 17.3. The van der Waals surface area contributed by atoms with E-state index in [1.54, 1.807) is 0 Å². The fourth-order valence-electron chi connectivity index (χ4n) is 2.95. The summed E-state index contributed by atoms with van der Waals surface area (Å²) in [6.45, 7) is 0.571. The molecule has 0 aromatic rings. The molecule has 0 radical (unpaired) electrons. The van der Waals surface area contributed by atoms with Gasteiger partial charge in [-0.2, -0.15) is 0 Å². The standard InChI is InChI=1S/C14H22NO6P/c16-14(15-8-5-9-21-22(17,18)19)20-10-13-11-6-3-1-2-4-7-12(11)13/h11-13H,3-10H2,(H,15,16)(H2,17,18,19). The third kappa shape index (κ3) is 5.98. The molecule has 0 aliphatic heterocycles. The quantitative estimate of drug-likeness (QED) is 0.372. The van der Waals surface area contributed by atoms with Gasteiger partial charge in [-0.15, -0.1) is 11.8 Å². The zero-order chi connectivity index (χ0) is 16.0. The van der Waals surface area contributed by atoms with Crippen LogP contribution >= 0.6 is 7.82 Å². The Morgan fingerprint density at radius 1 is 1.23 bits per heavy atom. The van der Waals surface area contributed by atoms with E-state index in [2.05, 4.69) is 21.7 Å². The number of carbonyl (C=O) groups excluding carboxylic acids is 1. The topological polar surface area (TPSA) is 105 Å². The Labute approximate surface area is 130 Å². The average molecular weight is 331 g/mol. The molecule has 0 aromatic heterocycles. The van der Waals surface area contributed by atoms with Gasteiger partial charge in [-0.3, -0.25) is 4.52 Å². The molecule has 0 bridgehead atoms. The number of alkyl carbamates (subject to hydrolysis) is 1. The number of amides is 1. The Bertz CT molecular complexity index is 475. The number of hydrogen-bond donors (Lipinski definition) is 3. The Morgan fingerprint density at radius 2 is 1.86 bits per heavy atom.